The van der Waals surface area contributed by atoms with Crippen molar-refractivity contribution < 1.29 is 14.3 Å². The van der Waals surface area contributed by atoms with Crippen LogP contribution in [0.1, 0.15) is 45.0 Å². The first-order valence-electron chi connectivity index (χ1n) is 9.73. The first-order chi connectivity index (χ1) is 13.3. The molecule has 1 aromatic carbocycles. The fourth-order valence-electron chi connectivity index (χ4n) is 3.12. The third-order valence-corrected chi connectivity index (χ3v) is 4.46. The fraction of sp³-hybridized carbons (Fsp3) is 0.455. The van der Waals surface area contributed by atoms with E-state index in [1.54, 1.807) is 31.5 Å². The first-order valence-corrected chi connectivity index (χ1v) is 9.73. The van der Waals surface area contributed by atoms with E-state index < -0.39 is 11.4 Å². The number of hydrogen-bond donors (Lipinski definition) is 0. The van der Waals surface area contributed by atoms with Gasteiger partial charge >= 0.3 is 5.97 Å². The molecule has 0 fully saturated rings. The van der Waals surface area contributed by atoms with Gasteiger partial charge in [0.05, 0.1) is 12.8 Å². The lowest BCUT2D eigenvalue weighted by atomic mass is 10.2. The quantitative estimate of drug-likeness (QED) is 0.611. The van der Waals surface area contributed by atoms with Gasteiger partial charge < -0.3 is 14.0 Å². The first kappa shape index (κ1) is 21.7. The van der Waals surface area contributed by atoms with E-state index in [0.29, 0.717) is 24.4 Å². The number of nitrogens with zero attached hydrogens (tertiary/aromatic N) is 2. The number of aromatic nitrogens is 1. The third kappa shape index (κ3) is 5.70. The Labute approximate surface area is 166 Å². The largest absolute Gasteiger partial charge is 0.462 e. The highest BCUT2D eigenvalue weighted by molar-refractivity contribution is 5.89. The minimum Gasteiger partial charge on any atom is -0.462 e. The van der Waals surface area contributed by atoms with E-state index >= 15 is 0 Å². The molecule has 0 spiro atoms. The maximum atomic E-state index is 12.7. The molecule has 0 unspecified atom stereocenters. The van der Waals surface area contributed by atoms with Gasteiger partial charge in [-0.25, -0.2) is 4.79 Å². The summed E-state index contributed by atoms with van der Waals surface area (Å²) in [5, 5.41) is 0. The second kappa shape index (κ2) is 10.1. The third-order valence-electron chi connectivity index (χ3n) is 4.46. The minimum absolute atomic E-state index is 0.0177. The van der Waals surface area contributed by atoms with E-state index in [-0.39, 0.29) is 17.9 Å². The van der Waals surface area contributed by atoms with Gasteiger partial charge in [-0.15, -0.1) is 0 Å². The fourth-order valence-corrected chi connectivity index (χ4v) is 3.12. The molecule has 0 saturated heterocycles. The summed E-state index contributed by atoms with van der Waals surface area (Å²) < 4.78 is 12.6. The van der Waals surface area contributed by atoms with Gasteiger partial charge in [0.1, 0.15) is 11.3 Å². The summed E-state index contributed by atoms with van der Waals surface area (Å²) in [5.74, 6) is 0.0138. The van der Waals surface area contributed by atoms with Crippen LogP contribution in [0, 0.1) is 0 Å². The minimum atomic E-state index is -0.635. The number of rotatable bonds is 9. The van der Waals surface area contributed by atoms with Gasteiger partial charge in [0.2, 0.25) is 5.43 Å². The van der Waals surface area contributed by atoms with Crippen molar-refractivity contribution in [3.05, 3.63) is 58.5 Å². The highest BCUT2D eigenvalue weighted by Crippen LogP contribution is 2.18. The van der Waals surface area contributed by atoms with Crippen molar-refractivity contribution in [3.63, 3.8) is 0 Å². The SMILES string of the molecule is CCOC(=O)c1cn(CCN(C(C)C)C(C)C)cc(Oc2ccccc2)c1=O. The van der Waals surface area contributed by atoms with Crippen molar-refractivity contribution in [1.29, 1.82) is 0 Å². The van der Waals surface area contributed by atoms with Crippen LogP contribution in [0.3, 0.4) is 0 Å². The van der Waals surface area contributed by atoms with Gasteiger partial charge in [0.15, 0.2) is 5.75 Å². The lowest BCUT2D eigenvalue weighted by molar-refractivity contribution is 0.0523. The van der Waals surface area contributed by atoms with E-state index in [0.717, 1.165) is 6.54 Å². The van der Waals surface area contributed by atoms with Crippen LogP contribution in [0.4, 0.5) is 0 Å². The summed E-state index contributed by atoms with van der Waals surface area (Å²) >= 11 is 0. The molecule has 0 aliphatic carbocycles. The number of para-hydroxylation sites is 1. The average Bonchev–Trinajstić information content (AvgIpc) is 2.64. The van der Waals surface area contributed by atoms with Crippen molar-refractivity contribution >= 4 is 5.97 Å². The summed E-state index contributed by atoms with van der Waals surface area (Å²) in [7, 11) is 0. The number of carbonyl (C=O) groups excluding carboxylic acids is 1. The Morgan fingerprint density at radius 2 is 1.71 bits per heavy atom. The average molecular weight is 386 g/mol. The number of pyridine rings is 1. The summed E-state index contributed by atoms with van der Waals surface area (Å²) in [4.78, 5) is 27.4. The standard InChI is InChI=1S/C22H30N2O4/c1-6-27-22(26)19-14-23(12-13-24(16(2)3)17(4)5)15-20(21(19)25)28-18-10-8-7-9-11-18/h7-11,14-17H,6,12-13H2,1-5H3. The normalized spacial score (nSPS) is 11.3. The Balaban J connectivity index is 2.36. The molecule has 0 aliphatic rings. The zero-order valence-corrected chi connectivity index (χ0v) is 17.3. The van der Waals surface area contributed by atoms with E-state index in [1.165, 1.54) is 0 Å². The second-order valence-electron chi connectivity index (χ2n) is 7.16. The number of hydrogen-bond acceptors (Lipinski definition) is 5. The molecule has 0 atom stereocenters. The molecule has 0 N–H and O–H groups in total. The lowest BCUT2D eigenvalue weighted by Gasteiger charge is -2.30. The second-order valence-corrected chi connectivity index (χ2v) is 7.16. The molecule has 1 aromatic heterocycles. The molecule has 0 amide bonds. The van der Waals surface area contributed by atoms with E-state index in [2.05, 4.69) is 32.6 Å². The summed E-state index contributed by atoms with van der Waals surface area (Å²) in [5.41, 5.74) is -0.487. The maximum absolute atomic E-state index is 12.7. The van der Waals surface area contributed by atoms with Crippen molar-refractivity contribution in [1.82, 2.24) is 9.47 Å². The zero-order valence-electron chi connectivity index (χ0n) is 17.3. The molecule has 28 heavy (non-hydrogen) atoms. The molecule has 6 heteroatoms. The molecule has 0 aliphatic heterocycles. The predicted molar refractivity (Wildman–Crippen MR) is 110 cm³/mol. The Morgan fingerprint density at radius 3 is 2.29 bits per heavy atom. The van der Waals surface area contributed by atoms with Crippen molar-refractivity contribution in [2.75, 3.05) is 13.2 Å². The number of ether oxygens (including phenoxy) is 2. The Bertz CT molecular complexity index is 820. The molecule has 0 bridgehead atoms. The van der Waals surface area contributed by atoms with Gasteiger partial charge in [-0.3, -0.25) is 9.69 Å². The Morgan fingerprint density at radius 1 is 1.07 bits per heavy atom. The topological polar surface area (TPSA) is 60.8 Å². The molecule has 2 rings (SSSR count). The maximum Gasteiger partial charge on any atom is 0.343 e. The van der Waals surface area contributed by atoms with Crippen molar-refractivity contribution in [3.8, 4) is 11.5 Å². The zero-order chi connectivity index (χ0) is 20.7. The number of benzene rings is 1. The molecule has 152 valence electrons. The van der Waals surface area contributed by atoms with Crippen LogP contribution in [-0.2, 0) is 11.3 Å². The molecule has 1 heterocycles. The smallest absolute Gasteiger partial charge is 0.343 e. The molecule has 6 nitrogen and oxygen atoms in total. The lowest BCUT2D eigenvalue weighted by Crippen LogP contribution is -2.39. The van der Waals surface area contributed by atoms with Crippen LogP contribution < -0.4 is 10.2 Å². The van der Waals surface area contributed by atoms with Crippen molar-refractivity contribution in [2.24, 2.45) is 0 Å². The summed E-state index contributed by atoms with van der Waals surface area (Å²) in [6.07, 6.45) is 3.20. The highest BCUT2D eigenvalue weighted by Gasteiger charge is 2.19. The predicted octanol–water partition coefficient (Wildman–Crippen LogP) is 3.94. The monoisotopic (exact) mass is 386 g/mol. The Kier molecular flexibility index (Phi) is 7.81. The van der Waals surface area contributed by atoms with Gasteiger partial charge in [-0.2, -0.15) is 0 Å². The van der Waals surface area contributed by atoms with Gasteiger partial charge in [0.25, 0.3) is 0 Å². The molecule has 0 saturated carbocycles. The van der Waals surface area contributed by atoms with E-state index in [4.69, 9.17) is 9.47 Å². The summed E-state index contributed by atoms with van der Waals surface area (Å²) in [6.45, 7) is 11.9. The molecule has 2 aromatic rings. The summed E-state index contributed by atoms with van der Waals surface area (Å²) in [6, 6.07) is 9.83. The van der Waals surface area contributed by atoms with Crippen LogP contribution in [0.2, 0.25) is 0 Å². The number of esters is 1. The van der Waals surface area contributed by atoms with Crippen LogP contribution in [0.5, 0.6) is 11.5 Å². The number of carbonyl (C=O) groups is 1. The van der Waals surface area contributed by atoms with Crippen LogP contribution in [-0.4, -0.2) is 40.7 Å². The van der Waals surface area contributed by atoms with E-state index in [1.807, 2.05) is 22.8 Å². The molecular weight excluding hydrogens is 356 g/mol. The van der Waals surface area contributed by atoms with E-state index in [9.17, 15) is 9.59 Å². The van der Waals surface area contributed by atoms with Gasteiger partial charge in [0, 0.05) is 31.4 Å². The van der Waals surface area contributed by atoms with Crippen LogP contribution in [0.15, 0.2) is 47.5 Å². The van der Waals surface area contributed by atoms with Crippen LogP contribution >= 0.6 is 0 Å². The van der Waals surface area contributed by atoms with Gasteiger partial charge in [-0.05, 0) is 46.8 Å². The van der Waals surface area contributed by atoms with Gasteiger partial charge in [-0.1, -0.05) is 18.2 Å². The molecule has 0 radical (unpaired) electrons. The van der Waals surface area contributed by atoms with Crippen molar-refractivity contribution in [2.45, 2.75) is 53.2 Å². The Hall–Kier alpha value is -2.60. The van der Waals surface area contributed by atoms with Crippen LogP contribution in [0.25, 0.3) is 0 Å². The highest BCUT2D eigenvalue weighted by atomic mass is 16.5. The molecular formula is C22H30N2O4.